The van der Waals surface area contributed by atoms with E-state index in [-0.39, 0.29) is 6.61 Å². The molecule has 1 unspecified atom stereocenters. The summed E-state index contributed by atoms with van der Waals surface area (Å²) in [6.07, 6.45) is -1.48. The van der Waals surface area contributed by atoms with Gasteiger partial charge in [0.1, 0.15) is 17.7 Å². The second-order valence-electron chi connectivity index (χ2n) is 10.8. The highest BCUT2D eigenvalue weighted by molar-refractivity contribution is 6.62. The van der Waals surface area contributed by atoms with Crippen LogP contribution in [0.2, 0.25) is 0 Å². The van der Waals surface area contributed by atoms with Crippen molar-refractivity contribution in [3.8, 4) is 0 Å². The molecule has 0 saturated carbocycles. The van der Waals surface area contributed by atoms with E-state index in [1.54, 1.807) is 6.92 Å². The van der Waals surface area contributed by atoms with Crippen LogP contribution in [0, 0.1) is 0 Å². The predicted molar refractivity (Wildman–Crippen MR) is 133 cm³/mol. The highest BCUT2D eigenvalue weighted by Gasteiger charge is 2.53. The minimum absolute atomic E-state index is 0.221. The van der Waals surface area contributed by atoms with Gasteiger partial charge in [-0.15, -0.1) is 0 Å². The number of benzene rings is 2. The molecule has 0 aliphatic carbocycles. The Hall–Kier alpha value is -2.68. The molecule has 0 radical (unpaired) electrons. The lowest BCUT2D eigenvalue weighted by atomic mass is 9.79. The fourth-order valence-corrected chi connectivity index (χ4v) is 4.39. The van der Waals surface area contributed by atoms with Crippen LogP contribution in [0.4, 0.5) is 4.79 Å². The molecule has 2 heterocycles. The summed E-state index contributed by atoms with van der Waals surface area (Å²) >= 11 is 0. The van der Waals surface area contributed by atoms with Gasteiger partial charge in [0.05, 0.1) is 17.8 Å². The van der Waals surface area contributed by atoms with E-state index in [9.17, 15) is 9.59 Å². The fourth-order valence-electron chi connectivity index (χ4n) is 4.39. The van der Waals surface area contributed by atoms with Crippen LogP contribution in [0.25, 0.3) is 0 Å². The van der Waals surface area contributed by atoms with Gasteiger partial charge in [-0.3, -0.25) is 4.79 Å². The first-order chi connectivity index (χ1) is 16.3. The van der Waals surface area contributed by atoms with Gasteiger partial charge in [-0.05, 0) is 65.1 Å². The van der Waals surface area contributed by atoms with Crippen LogP contribution in [0.1, 0.15) is 65.6 Å². The van der Waals surface area contributed by atoms with Crippen LogP contribution in [0.3, 0.4) is 0 Å². The van der Waals surface area contributed by atoms with Crippen molar-refractivity contribution in [3.05, 3.63) is 65.7 Å². The highest BCUT2D eigenvalue weighted by atomic mass is 16.7. The number of ether oxygens (including phenoxy) is 2. The number of cyclic esters (lactones) is 1. The molecule has 2 atom stereocenters. The van der Waals surface area contributed by atoms with E-state index in [2.05, 4.69) is 0 Å². The number of rotatable bonds is 6. The first kappa shape index (κ1) is 25.4. The molecule has 2 aromatic rings. The van der Waals surface area contributed by atoms with Crippen molar-refractivity contribution in [2.75, 3.05) is 0 Å². The van der Waals surface area contributed by atoms with Gasteiger partial charge >= 0.3 is 13.2 Å². The number of imide groups is 1. The van der Waals surface area contributed by atoms with E-state index in [0.29, 0.717) is 0 Å². The van der Waals surface area contributed by atoms with Gasteiger partial charge in [-0.25, -0.2) is 9.69 Å². The van der Waals surface area contributed by atoms with E-state index >= 15 is 0 Å². The molecule has 2 saturated heterocycles. The van der Waals surface area contributed by atoms with Gasteiger partial charge in [0.25, 0.3) is 5.91 Å². The molecule has 2 aliphatic rings. The minimum Gasteiger partial charge on any atom is -0.440 e. The Morgan fingerprint density at radius 1 is 0.971 bits per heavy atom. The Bertz CT molecular complexity index is 1070. The summed E-state index contributed by atoms with van der Waals surface area (Å²) in [5, 5.41) is 0. The zero-order valence-corrected chi connectivity index (χ0v) is 21.5. The number of amides is 2. The first-order valence-electron chi connectivity index (χ1n) is 12.0. The molecule has 186 valence electrons. The summed E-state index contributed by atoms with van der Waals surface area (Å²) in [7, 11) is -0.435. The maximum Gasteiger partial charge on any atom is 0.494 e. The first-order valence-corrected chi connectivity index (χ1v) is 12.0. The topological polar surface area (TPSA) is 74.3 Å². The Morgan fingerprint density at radius 3 is 2.11 bits per heavy atom. The predicted octanol–water partition coefficient (Wildman–Crippen LogP) is 4.39. The van der Waals surface area contributed by atoms with E-state index in [4.69, 9.17) is 18.8 Å². The quantitative estimate of drug-likeness (QED) is 0.573. The molecule has 0 bridgehead atoms. The normalized spacial score (nSPS) is 23.3. The van der Waals surface area contributed by atoms with Crippen LogP contribution in [-0.2, 0) is 30.2 Å². The van der Waals surface area contributed by atoms with Crippen LogP contribution in [0.15, 0.2) is 54.6 Å². The second kappa shape index (κ2) is 9.08. The van der Waals surface area contributed by atoms with Crippen LogP contribution < -0.4 is 5.46 Å². The average molecular weight is 479 g/mol. The van der Waals surface area contributed by atoms with Crippen molar-refractivity contribution in [2.24, 2.45) is 0 Å². The maximum atomic E-state index is 13.3. The monoisotopic (exact) mass is 479 g/mol. The van der Waals surface area contributed by atoms with Gasteiger partial charge in [0, 0.05) is 0 Å². The van der Waals surface area contributed by atoms with E-state index in [1.807, 2.05) is 96.1 Å². The lowest BCUT2D eigenvalue weighted by Gasteiger charge is -2.32. The Kier molecular flexibility index (Phi) is 6.59. The smallest absolute Gasteiger partial charge is 0.440 e. The maximum absolute atomic E-state index is 13.3. The van der Waals surface area contributed by atoms with Gasteiger partial charge in [0.15, 0.2) is 0 Å². The number of carbonyl (C=O) groups excluding carboxylic acids is 2. The van der Waals surface area contributed by atoms with E-state index < -0.39 is 48.1 Å². The highest BCUT2D eigenvalue weighted by Crippen LogP contribution is 2.41. The summed E-state index contributed by atoms with van der Waals surface area (Å²) < 4.78 is 23.6. The molecule has 8 heteroatoms. The summed E-state index contributed by atoms with van der Waals surface area (Å²) in [5.74, 6) is -0.428. The van der Waals surface area contributed by atoms with E-state index in [1.165, 1.54) is 4.90 Å². The number of nitrogens with zero attached hydrogens (tertiary/aromatic N) is 1. The molecule has 2 fully saturated rings. The molecule has 2 aromatic carbocycles. The standard InChI is InChI=1S/C27H34BNO6/c1-18(23(30)29-22(20-11-9-8-10-12-20)25(2,3)33-24(29)31)32-17-19-13-15-21(16-14-19)28-34-26(4,5)27(6,7)35-28/h8-16,18,22H,17H2,1-7H3/t18?,22-/m0/s1. The van der Waals surface area contributed by atoms with E-state index in [0.717, 1.165) is 16.6 Å². The minimum atomic E-state index is -0.850. The van der Waals surface area contributed by atoms with Gasteiger partial charge in [0.2, 0.25) is 0 Å². The van der Waals surface area contributed by atoms with Gasteiger partial charge in [-0.2, -0.15) is 0 Å². The van der Waals surface area contributed by atoms with Crippen molar-refractivity contribution < 1.29 is 28.4 Å². The molecule has 0 spiro atoms. The average Bonchev–Trinajstić information content (AvgIpc) is 3.17. The Balaban J connectivity index is 1.41. The van der Waals surface area contributed by atoms with Crippen molar-refractivity contribution in [1.29, 1.82) is 0 Å². The summed E-state index contributed by atoms with van der Waals surface area (Å²) in [4.78, 5) is 27.1. The zero-order chi connectivity index (χ0) is 25.6. The molecule has 4 rings (SSSR count). The lowest BCUT2D eigenvalue weighted by molar-refractivity contribution is -0.141. The molecule has 0 aromatic heterocycles. The Morgan fingerprint density at radius 2 is 1.54 bits per heavy atom. The molecule has 0 N–H and O–H groups in total. The largest absolute Gasteiger partial charge is 0.494 e. The second-order valence-corrected chi connectivity index (χ2v) is 10.8. The Labute approximate surface area is 207 Å². The number of carbonyl (C=O) groups is 2. The van der Waals surface area contributed by atoms with Crippen molar-refractivity contribution in [2.45, 2.75) is 84.0 Å². The third-order valence-corrected chi connectivity index (χ3v) is 7.17. The zero-order valence-electron chi connectivity index (χ0n) is 21.5. The van der Waals surface area contributed by atoms with Crippen molar-refractivity contribution in [1.82, 2.24) is 4.90 Å². The molecular formula is C27H34BNO6. The van der Waals surface area contributed by atoms with Gasteiger partial charge in [-0.1, -0.05) is 54.6 Å². The SMILES string of the molecule is CC(OCc1ccc(B2OC(C)(C)C(C)(C)O2)cc1)C(=O)N1C(=O)OC(C)(C)[C@@H]1c1ccccc1. The molecule has 2 amide bonds. The van der Waals surface area contributed by atoms with Crippen LogP contribution in [0.5, 0.6) is 0 Å². The van der Waals surface area contributed by atoms with Crippen LogP contribution >= 0.6 is 0 Å². The van der Waals surface area contributed by atoms with Crippen molar-refractivity contribution >= 4 is 24.6 Å². The summed E-state index contributed by atoms with van der Waals surface area (Å²) in [6, 6.07) is 16.6. The fraction of sp³-hybridized carbons (Fsp3) is 0.481. The molecule has 35 heavy (non-hydrogen) atoms. The molecule has 7 nitrogen and oxygen atoms in total. The molecule has 2 aliphatic heterocycles. The third-order valence-electron chi connectivity index (χ3n) is 7.17. The van der Waals surface area contributed by atoms with Crippen molar-refractivity contribution in [3.63, 3.8) is 0 Å². The third kappa shape index (κ3) is 4.88. The summed E-state index contributed by atoms with van der Waals surface area (Å²) in [5.41, 5.74) is 0.994. The number of hydrogen-bond donors (Lipinski definition) is 0. The van der Waals surface area contributed by atoms with Gasteiger partial charge < -0.3 is 18.8 Å². The van der Waals surface area contributed by atoms with Crippen LogP contribution in [-0.4, -0.2) is 46.9 Å². The number of hydrogen-bond acceptors (Lipinski definition) is 6. The summed E-state index contributed by atoms with van der Waals surface area (Å²) in [6.45, 7) is 13.6. The molecular weight excluding hydrogens is 445 g/mol. The lowest BCUT2D eigenvalue weighted by Crippen LogP contribution is -2.43.